The monoisotopic (exact) mass is 274 g/mol. The average molecular weight is 274 g/mol. The van der Waals surface area contributed by atoms with Crippen molar-refractivity contribution in [2.45, 2.75) is 26.9 Å². The van der Waals surface area contributed by atoms with Crippen molar-refractivity contribution >= 4 is 22.3 Å². The largest absolute Gasteiger partial charge is 0.471 e. The molecule has 5 heteroatoms. The maximum Gasteiger partial charge on any atom is 0.225 e. The van der Waals surface area contributed by atoms with Crippen molar-refractivity contribution in [3.63, 3.8) is 0 Å². The van der Waals surface area contributed by atoms with E-state index in [9.17, 15) is 0 Å². The van der Waals surface area contributed by atoms with Crippen molar-refractivity contribution in [2.75, 3.05) is 0 Å². The molecule has 0 bridgehead atoms. The molecule has 3 aromatic rings. The van der Waals surface area contributed by atoms with Gasteiger partial charge in [-0.3, -0.25) is 0 Å². The number of thiazole rings is 1. The van der Waals surface area contributed by atoms with Crippen LogP contribution in [0.15, 0.2) is 28.9 Å². The summed E-state index contributed by atoms with van der Waals surface area (Å²) in [6.07, 6.45) is 4.52. The van der Waals surface area contributed by atoms with Crippen LogP contribution >= 0.6 is 11.3 Å². The Kier molecular flexibility index (Phi) is 3.21. The number of aryl methyl sites for hydroxylation is 2. The lowest BCUT2D eigenvalue weighted by Crippen LogP contribution is -1.95. The zero-order valence-electron chi connectivity index (χ0n) is 10.8. The molecule has 0 aromatic carbocycles. The van der Waals surface area contributed by atoms with E-state index in [-0.39, 0.29) is 0 Å². The first kappa shape index (κ1) is 12.2. The molecular weight excluding hydrogens is 260 g/mol. The first-order chi connectivity index (χ1) is 9.26. The SMILES string of the molecule is CCc1ncc(COc2nccc3oc(C)cc23)s1. The minimum atomic E-state index is 0.494. The fourth-order valence-electron chi connectivity index (χ4n) is 1.90. The van der Waals surface area contributed by atoms with Gasteiger partial charge in [-0.05, 0) is 19.4 Å². The molecule has 3 rings (SSSR count). The second kappa shape index (κ2) is 5.01. The van der Waals surface area contributed by atoms with Crippen LogP contribution in [0.2, 0.25) is 0 Å². The normalized spacial score (nSPS) is 11.1. The summed E-state index contributed by atoms with van der Waals surface area (Å²) >= 11 is 1.68. The van der Waals surface area contributed by atoms with Crippen LogP contribution in [0.5, 0.6) is 5.88 Å². The van der Waals surface area contributed by atoms with Crippen molar-refractivity contribution < 1.29 is 9.15 Å². The van der Waals surface area contributed by atoms with Gasteiger partial charge < -0.3 is 9.15 Å². The van der Waals surface area contributed by atoms with Crippen molar-refractivity contribution in [1.29, 1.82) is 0 Å². The topological polar surface area (TPSA) is 48.2 Å². The van der Waals surface area contributed by atoms with E-state index in [0.29, 0.717) is 12.5 Å². The quantitative estimate of drug-likeness (QED) is 0.727. The molecule has 0 aliphatic rings. The Balaban J connectivity index is 1.81. The van der Waals surface area contributed by atoms with E-state index >= 15 is 0 Å². The summed E-state index contributed by atoms with van der Waals surface area (Å²) in [5.41, 5.74) is 0.807. The van der Waals surface area contributed by atoms with Crippen LogP contribution in [0, 0.1) is 6.92 Å². The summed E-state index contributed by atoms with van der Waals surface area (Å²) < 4.78 is 11.3. The Morgan fingerprint density at radius 3 is 3.05 bits per heavy atom. The third kappa shape index (κ3) is 2.46. The molecule has 0 saturated carbocycles. The van der Waals surface area contributed by atoms with Crippen LogP contribution in [0.3, 0.4) is 0 Å². The van der Waals surface area contributed by atoms with E-state index < -0.39 is 0 Å². The van der Waals surface area contributed by atoms with Gasteiger partial charge in [0.2, 0.25) is 5.88 Å². The van der Waals surface area contributed by atoms with Gasteiger partial charge in [-0.2, -0.15) is 0 Å². The Bertz CT molecular complexity index is 702. The van der Waals surface area contributed by atoms with Gasteiger partial charge in [-0.1, -0.05) is 6.92 Å². The fourth-order valence-corrected chi connectivity index (χ4v) is 2.67. The number of ether oxygens (including phenoxy) is 1. The van der Waals surface area contributed by atoms with Crippen molar-refractivity contribution in [3.05, 3.63) is 40.2 Å². The molecule has 0 atom stereocenters. The molecule has 19 heavy (non-hydrogen) atoms. The van der Waals surface area contributed by atoms with E-state index in [1.54, 1.807) is 17.5 Å². The number of hydrogen-bond acceptors (Lipinski definition) is 5. The highest BCUT2D eigenvalue weighted by molar-refractivity contribution is 7.11. The molecule has 0 aliphatic heterocycles. The number of hydrogen-bond donors (Lipinski definition) is 0. The lowest BCUT2D eigenvalue weighted by atomic mass is 10.3. The van der Waals surface area contributed by atoms with E-state index in [1.807, 2.05) is 25.3 Å². The Labute approximate surface area is 115 Å². The van der Waals surface area contributed by atoms with Crippen molar-refractivity contribution in [1.82, 2.24) is 9.97 Å². The zero-order valence-corrected chi connectivity index (χ0v) is 11.7. The minimum Gasteiger partial charge on any atom is -0.471 e. The van der Waals surface area contributed by atoms with Crippen LogP contribution in [-0.4, -0.2) is 9.97 Å². The van der Waals surface area contributed by atoms with Gasteiger partial charge in [0.05, 0.1) is 15.3 Å². The van der Waals surface area contributed by atoms with Gasteiger partial charge in [-0.15, -0.1) is 11.3 Å². The lowest BCUT2D eigenvalue weighted by molar-refractivity contribution is 0.301. The van der Waals surface area contributed by atoms with Crippen LogP contribution < -0.4 is 4.74 Å². The second-order valence-electron chi connectivity index (χ2n) is 4.25. The summed E-state index contributed by atoms with van der Waals surface area (Å²) in [7, 11) is 0. The van der Waals surface area contributed by atoms with Crippen LogP contribution in [0.1, 0.15) is 22.6 Å². The predicted octanol–water partition coefficient (Wildman–Crippen LogP) is 3.73. The zero-order chi connectivity index (χ0) is 13.2. The van der Waals surface area contributed by atoms with E-state index in [1.165, 1.54) is 0 Å². The summed E-state index contributed by atoms with van der Waals surface area (Å²) in [6.45, 7) is 4.51. The highest BCUT2D eigenvalue weighted by Crippen LogP contribution is 2.27. The molecule has 98 valence electrons. The first-order valence-electron chi connectivity index (χ1n) is 6.18. The molecule has 4 nitrogen and oxygen atoms in total. The molecule has 3 heterocycles. The Hall–Kier alpha value is -1.88. The highest BCUT2D eigenvalue weighted by Gasteiger charge is 2.09. The number of fused-ring (bicyclic) bond motifs is 1. The third-order valence-electron chi connectivity index (χ3n) is 2.79. The number of pyridine rings is 1. The van der Waals surface area contributed by atoms with Gasteiger partial charge in [0.1, 0.15) is 18.0 Å². The maximum atomic E-state index is 5.78. The molecule has 0 aliphatic carbocycles. The summed E-state index contributed by atoms with van der Waals surface area (Å²) in [5, 5.41) is 2.05. The molecule has 0 spiro atoms. The van der Waals surface area contributed by atoms with E-state index in [4.69, 9.17) is 9.15 Å². The second-order valence-corrected chi connectivity index (χ2v) is 5.45. The van der Waals surface area contributed by atoms with Crippen molar-refractivity contribution in [3.8, 4) is 5.88 Å². The van der Waals surface area contributed by atoms with Gasteiger partial charge in [0, 0.05) is 18.5 Å². The molecule has 0 amide bonds. The molecule has 0 N–H and O–H groups in total. The number of nitrogens with zero attached hydrogens (tertiary/aromatic N) is 2. The average Bonchev–Trinajstić information content (AvgIpc) is 3.01. The molecule has 0 saturated heterocycles. The smallest absolute Gasteiger partial charge is 0.225 e. The highest BCUT2D eigenvalue weighted by atomic mass is 32.1. The van der Waals surface area contributed by atoms with Crippen LogP contribution in [0.25, 0.3) is 11.0 Å². The number of rotatable bonds is 4. The summed E-state index contributed by atoms with van der Waals surface area (Å²) in [4.78, 5) is 9.68. The molecule has 3 aromatic heterocycles. The molecule has 0 fully saturated rings. The number of aromatic nitrogens is 2. The standard InChI is InChI=1S/C14H14N2O2S/c1-3-13-16-7-10(19-13)8-17-14-11-6-9(2)18-12(11)4-5-15-14/h4-7H,3,8H2,1-2H3. The van der Waals surface area contributed by atoms with E-state index in [2.05, 4.69) is 16.9 Å². The minimum absolute atomic E-state index is 0.494. The molecular formula is C14H14N2O2S. The number of furan rings is 1. The Morgan fingerprint density at radius 2 is 2.26 bits per heavy atom. The van der Waals surface area contributed by atoms with Crippen LogP contribution in [-0.2, 0) is 13.0 Å². The van der Waals surface area contributed by atoms with Gasteiger partial charge >= 0.3 is 0 Å². The maximum absolute atomic E-state index is 5.78. The summed E-state index contributed by atoms with van der Waals surface area (Å²) in [6, 6.07) is 3.79. The lowest BCUT2D eigenvalue weighted by Gasteiger charge is -2.03. The Morgan fingerprint density at radius 1 is 1.37 bits per heavy atom. The first-order valence-corrected chi connectivity index (χ1v) is 6.99. The van der Waals surface area contributed by atoms with Gasteiger partial charge in [0.15, 0.2) is 0 Å². The third-order valence-corrected chi connectivity index (χ3v) is 3.90. The predicted molar refractivity (Wildman–Crippen MR) is 74.6 cm³/mol. The van der Waals surface area contributed by atoms with Gasteiger partial charge in [-0.25, -0.2) is 9.97 Å². The fraction of sp³-hybridized carbons (Fsp3) is 0.286. The molecule has 0 unspecified atom stereocenters. The van der Waals surface area contributed by atoms with Crippen molar-refractivity contribution in [2.24, 2.45) is 0 Å². The van der Waals surface area contributed by atoms with E-state index in [0.717, 1.165) is 33.0 Å². The molecule has 0 radical (unpaired) electrons. The van der Waals surface area contributed by atoms with Gasteiger partial charge in [0.25, 0.3) is 0 Å². The summed E-state index contributed by atoms with van der Waals surface area (Å²) in [5.74, 6) is 1.47. The van der Waals surface area contributed by atoms with Crippen LogP contribution in [0.4, 0.5) is 0 Å².